The zero-order valence-corrected chi connectivity index (χ0v) is 33.5. The molecule has 5 aliphatic rings. The first kappa shape index (κ1) is 41.2. The predicted octanol–water partition coefficient (Wildman–Crippen LogP) is 1.41. The number of rotatable bonds is 12. The minimum Gasteiger partial charge on any atom is -0.508 e. The van der Waals surface area contributed by atoms with Crippen LogP contribution in [0.1, 0.15) is 49.0 Å². The number of amides is 1. The molecule has 9 unspecified atom stereocenters. The quantitative estimate of drug-likeness (QED) is 0.0725. The summed E-state index contributed by atoms with van der Waals surface area (Å²) in [5.74, 6) is 0.903. The second-order valence-electron chi connectivity index (χ2n) is 17.3. The summed E-state index contributed by atoms with van der Waals surface area (Å²) in [5, 5.41) is 79.5. The Bertz CT molecular complexity index is 2550. The first-order valence-corrected chi connectivity index (χ1v) is 20.7. The van der Waals surface area contributed by atoms with E-state index in [0.717, 1.165) is 29.0 Å². The molecular formula is C45H50N3O13+. The number of ether oxygens (including phenoxy) is 1. The average Bonchev–Trinajstić information content (AvgIpc) is 3.98. The molecule has 9 N–H and O–H groups in total. The molecule has 1 aromatic heterocycles. The Hall–Kier alpha value is -5.17. The van der Waals surface area contributed by atoms with Crippen molar-refractivity contribution in [2.45, 2.75) is 87.5 Å². The molecule has 0 bridgehead atoms. The van der Waals surface area contributed by atoms with Gasteiger partial charge in [0.05, 0.1) is 17.6 Å². The van der Waals surface area contributed by atoms with Gasteiger partial charge in [-0.15, -0.1) is 0 Å². The average molecular weight is 841 g/mol. The maximum absolute atomic E-state index is 13.6. The number of benzene rings is 3. The molecule has 322 valence electrons. The van der Waals surface area contributed by atoms with E-state index in [9.17, 15) is 45.3 Å². The Morgan fingerprint density at radius 1 is 1.05 bits per heavy atom. The van der Waals surface area contributed by atoms with Crippen molar-refractivity contribution in [2.75, 3.05) is 26.3 Å². The fourth-order valence-corrected chi connectivity index (χ4v) is 10.0. The van der Waals surface area contributed by atoms with E-state index in [1.165, 1.54) is 36.4 Å². The lowest BCUT2D eigenvalue weighted by atomic mass is 9.68. The molecular weight excluding hydrogens is 791 g/mol. The Morgan fingerprint density at radius 3 is 2.66 bits per heavy atom. The normalized spacial score (nSPS) is 27.0. The van der Waals surface area contributed by atoms with Gasteiger partial charge in [0.2, 0.25) is 17.2 Å². The van der Waals surface area contributed by atoms with Crippen LogP contribution in [0.2, 0.25) is 0 Å². The summed E-state index contributed by atoms with van der Waals surface area (Å²) in [5.41, 5.74) is 0.276. The predicted molar refractivity (Wildman–Crippen MR) is 219 cm³/mol. The van der Waals surface area contributed by atoms with Crippen LogP contribution in [0.4, 0.5) is 5.69 Å². The molecule has 4 aromatic rings. The number of aryl methyl sites for hydroxylation is 1. The highest BCUT2D eigenvalue weighted by Gasteiger charge is 2.54. The number of fused-ring (bicyclic) bond motifs is 4. The summed E-state index contributed by atoms with van der Waals surface area (Å²) in [7, 11) is 0. The lowest BCUT2D eigenvalue weighted by Gasteiger charge is -2.49. The van der Waals surface area contributed by atoms with Crippen LogP contribution in [0.5, 0.6) is 17.2 Å². The Morgan fingerprint density at radius 2 is 1.89 bits per heavy atom. The number of aromatic hydroxyl groups is 2. The highest BCUT2D eigenvalue weighted by atomic mass is 17.2. The molecule has 1 saturated heterocycles. The number of carbonyl (C=O) groups is 1. The van der Waals surface area contributed by atoms with Crippen LogP contribution in [0.3, 0.4) is 0 Å². The lowest BCUT2D eigenvalue weighted by Crippen LogP contribution is -3.01. The molecule has 61 heavy (non-hydrogen) atoms. The smallest absolute Gasteiger partial charge is 0.222 e. The van der Waals surface area contributed by atoms with Gasteiger partial charge in [-0.3, -0.25) is 19.5 Å². The van der Waals surface area contributed by atoms with Gasteiger partial charge in [0.15, 0.2) is 11.2 Å². The summed E-state index contributed by atoms with van der Waals surface area (Å²) in [6.45, 7) is 1.09. The highest BCUT2D eigenvalue weighted by molar-refractivity contribution is 6.07. The zero-order chi connectivity index (χ0) is 42.8. The van der Waals surface area contributed by atoms with Crippen LogP contribution in [0.15, 0.2) is 80.7 Å². The van der Waals surface area contributed by atoms with E-state index in [4.69, 9.17) is 18.9 Å². The fraction of sp³-hybridized carbons (Fsp3) is 0.444. The van der Waals surface area contributed by atoms with Crippen LogP contribution in [-0.2, 0) is 27.4 Å². The molecule has 16 heteroatoms. The second kappa shape index (κ2) is 15.9. The number of hydrogen-bond acceptors (Lipinski definition) is 14. The Balaban J connectivity index is 1.09. The molecule has 3 aromatic carbocycles. The van der Waals surface area contributed by atoms with E-state index in [2.05, 4.69) is 10.3 Å². The van der Waals surface area contributed by atoms with Gasteiger partial charge >= 0.3 is 0 Å². The SMILES string of the molecule is Cc1cc(=O)c2cc3c(c([NH+]4C=C5C=CN=C5C4)c2o1)OC1(CCCC(C2CNC(=O)C2)C1)C(OOCC(O)(Cc1ccc(O)c2ccc(O)cc12)C(O)C(O)C(O)CO)C3. The Labute approximate surface area is 349 Å². The molecule has 9 atom stereocenters. The van der Waals surface area contributed by atoms with Gasteiger partial charge < -0.3 is 50.2 Å². The number of phenolic OH excluding ortho intramolecular Hbond substituents is 2. The van der Waals surface area contributed by atoms with E-state index < -0.39 is 55.3 Å². The first-order chi connectivity index (χ1) is 29.3. The number of phenols is 2. The lowest BCUT2D eigenvalue weighted by molar-refractivity contribution is -0.759. The minimum absolute atomic E-state index is 0.00836. The molecule has 1 aliphatic carbocycles. The standard InChI is InChI=1S/C45H49N3O13/c1-23-11-35(52)32-12-27-13-37(61-58-22-44(57,43(56)40(55)36(53)21-49)16-25-4-7-34(51)30-6-5-29(50)15-31(25)30)45(9-2-3-24(17-45)28-14-38(54)47-18-28)60-41(27)39(42(32)59-23)48-19-26-8-10-46-33(26)20-48/h4-8,10-12,15,19,24,28,36-37,40,43,49-51,53,55-57H,2-3,9,13-14,16-18,20-22H2,1H3,(H,47,54)/p+1. The third-order valence-electron chi connectivity index (χ3n) is 13.3. The number of aliphatic hydroxyl groups is 5. The van der Waals surface area contributed by atoms with Crippen LogP contribution in [-0.4, -0.2) is 109 Å². The van der Waals surface area contributed by atoms with Gasteiger partial charge in [0, 0.05) is 49.0 Å². The second-order valence-corrected chi connectivity index (χ2v) is 17.3. The van der Waals surface area contributed by atoms with Gasteiger partial charge in [0.1, 0.15) is 77.9 Å². The Kier molecular flexibility index (Phi) is 10.8. The maximum atomic E-state index is 13.6. The van der Waals surface area contributed by atoms with Crippen LogP contribution in [0, 0.1) is 18.8 Å². The number of nitrogens with zero attached hydrogens (tertiary/aromatic N) is 1. The van der Waals surface area contributed by atoms with Crippen molar-refractivity contribution in [1.29, 1.82) is 0 Å². The van der Waals surface area contributed by atoms with Gasteiger partial charge in [-0.25, -0.2) is 9.78 Å². The maximum Gasteiger partial charge on any atom is 0.222 e. The molecule has 16 nitrogen and oxygen atoms in total. The largest absolute Gasteiger partial charge is 0.508 e. The van der Waals surface area contributed by atoms with Crippen molar-refractivity contribution in [2.24, 2.45) is 16.8 Å². The van der Waals surface area contributed by atoms with E-state index in [1.807, 2.05) is 12.3 Å². The first-order valence-electron chi connectivity index (χ1n) is 20.7. The molecule has 2 fully saturated rings. The summed E-state index contributed by atoms with van der Waals surface area (Å²) < 4.78 is 13.6. The van der Waals surface area contributed by atoms with Crippen molar-refractivity contribution in [1.82, 2.24) is 5.32 Å². The number of hydrogen-bond donors (Lipinski definition) is 9. The van der Waals surface area contributed by atoms with Gasteiger partial charge in [-0.1, -0.05) is 6.07 Å². The van der Waals surface area contributed by atoms with Crippen molar-refractivity contribution in [3.8, 4) is 17.2 Å². The van der Waals surface area contributed by atoms with E-state index in [1.54, 1.807) is 19.2 Å². The van der Waals surface area contributed by atoms with Gasteiger partial charge in [0.25, 0.3) is 0 Å². The van der Waals surface area contributed by atoms with E-state index in [0.29, 0.717) is 82.4 Å². The van der Waals surface area contributed by atoms with Gasteiger partial charge in [-0.2, -0.15) is 0 Å². The molecule has 5 heterocycles. The number of nitrogens with one attached hydrogen (secondary N) is 2. The number of aliphatic hydroxyl groups excluding tert-OH is 4. The number of aliphatic imine (C=N–C) groups is 1. The van der Waals surface area contributed by atoms with Crippen molar-refractivity contribution in [3.05, 3.63) is 93.6 Å². The highest BCUT2D eigenvalue weighted by Crippen LogP contribution is 2.50. The number of quaternary nitrogens is 1. The minimum atomic E-state index is -2.39. The van der Waals surface area contributed by atoms with E-state index >= 15 is 0 Å². The molecule has 4 aliphatic heterocycles. The van der Waals surface area contributed by atoms with Crippen molar-refractivity contribution >= 4 is 39.0 Å². The van der Waals surface area contributed by atoms with Crippen LogP contribution in [0.25, 0.3) is 21.7 Å². The summed E-state index contributed by atoms with van der Waals surface area (Å²) in [6, 6.07) is 10.3. The fourth-order valence-electron chi connectivity index (χ4n) is 10.0. The van der Waals surface area contributed by atoms with Crippen LogP contribution >= 0.6 is 0 Å². The van der Waals surface area contributed by atoms with Crippen LogP contribution < -0.4 is 20.4 Å². The van der Waals surface area contributed by atoms with Gasteiger partial charge in [-0.05, 0) is 91.8 Å². The number of carbonyl (C=O) groups excluding carboxylic acids is 1. The molecule has 1 saturated carbocycles. The van der Waals surface area contributed by atoms with Crippen molar-refractivity contribution < 1.29 is 64.4 Å². The summed E-state index contributed by atoms with van der Waals surface area (Å²) in [6.07, 6.45) is 1.68. The zero-order valence-electron chi connectivity index (χ0n) is 33.5. The van der Waals surface area contributed by atoms with E-state index in [-0.39, 0.29) is 41.1 Å². The summed E-state index contributed by atoms with van der Waals surface area (Å²) >= 11 is 0. The monoisotopic (exact) mass is 840 g/mol. The molecule has 1 spiro atoms. The summed E-state index contributed by atoms with van der Waals surface area (Å²) in [4.78, 5) is 43.7. The molecule has 1 amide bonds. The third-order valence-corrected chi connectivity index (χ3v) is 13.3. The third kappa shape index (κ3) is 7.50. The topological polar surface area (TPSA) is 245 Å². The number of allylic oxidation sites excluding steroid dienone is 1. The molecule has 0 radical (unpaired) electrons. The van der Waals surface area contributed by atoms with Crippen molar-refractivity contribution in [3.63, 3.8) is 0 Å². The molecule has 9 rings (SSSR count).